The molecule has 0 saturated carbocycles. The predicted octanol–water partition coefficient (Wildman–Crippen LogP) is 4.57. The third-order valence-electron chi connectivity index (χ3n) is 4.74. The van der Waals surface area contributed by atoms with Gasteiger partial charge in [0.1, 0.15) is 23.0 Å². The van der Waals surface area contributed by atoms with Crippen molar-refractivity contribution in [3.8, 4) is 5.75 Å². The first-order valence-electron chi connectivity index (χ1n) is 11.3. The fourth-order valence-corrected chi connectivity index (χ4v) is 3.85. The Morgan fingerprint density at radius 2 is 1.95 bits per heavy atom. The van der Waals surface area contributed by atoms with Crippen LogP contribution in [0.15, 0.2) is 28.2 Å². The Labute approximate surface area is 219 Å². The number of nitrogens with zero attached hydrogens (tertiary/aromatic N) is 3. The molecule has 1 unspecified atom stereocenters. The number of benzene rings is 1. The van der Waals surface area contributed by atoms with E-state index >= 15 is 0 Å². The summed E-state index contributed by atoms with van der Waals surface area (Å²) >= 11 is 0.917. The maximum Gasteiger partial charge on any atom is 0.412 e. The lowest BCUT2D eigenvalue weighted by Gasteiger charge is -2.19. The molecular formula is C23H26F4N6O4S. The number of ether oxygens (including phenoxy) is 2. The summed E-state index contributed by atoms with van der Waals surface area (Å²) in [4.78, 5) is 31.8. The number of amidine groups is 1. The highest BCUT2D eigenvalue weighted by molar-refractivity contribution is 7.11. The monoisotopic (exact) mass is 558 g/mol. The number of amides is 2. The molecule has 2 aromatic rings. The molecule has 3 rings (SSSR count). The van der Waals surface area contributed by atoms with Crippen LogP contribution in [-0.4, -0.2) is 65.9 Å². The number of hydrogen-bond donors (Lipinski definition) is 3. The minimum absolute atomic E-state index is 0.0203. The zero-order valence-corrected chi connectivity index (χ0v) is 21.7. The molecule has 1 aromatic carbocycles. The number of anilines is 2. The Hall–Kier alpha value is -3.75. The molecule has 15 heteroatoms. The molecule has 0 radical (unpaired) electrons. The number of carbonyl (C=O) groups excluding carboxylic acids is 2. The van der Waals surface area contributed by atoms with E-state index in [0.717, 1.165) is 23.8 Å². The second-order valence-corrected chi connectivity index (χ2v) is 9.81. The van der Waals surface area contributed by atoms with E-state index in [1.54, 1.807) is 27.7 Å². The lowest BCUT2D eigenvalue weighted by Crippen LogP contribution is -2.34. The first-order valence-corrected chi connectivity index (χ1v) is 12.1. The number of alkyl carbamates (subject to hydrolysis) is 1. The van der Waals surface area contributed by atoms with Crippen molar-refractivity contribution in [3.63, 3.8) is 0 Å². The highest BCUT2D eigenvalue weighted by Crippen LogP contribution is 2.28. The smallest absolute Gasteiger partial charge is 0.412 e. The van der Waals surface area contributed by atoms with Crippen LogP contribution in [0.2, 0.25) is 0 Å². The Bertz CT molecular complexity index is 1240. The van der Waals surface area contributed by atoms with E-state index in [1.807, 2.05) is 0 Å². The first kappa shape index (κ1) is 28.8. The Balaban J connectivity index is 1.57. The molecule has 1 aliphatic heterocycles. The second kappa shape index (κ2) is 11.8. The van der Waals surface area contributed by atoms with Crippen LogP contribution in [0, 0.1) is 12.7 Å². The molecule has 0 spiro atoms. The molecule has 0 saturated heterocycles. The van der Waals surface area contributed by atoms with Crippen LogP contribution in [-0.2, 0) is 4.74 Å². The highest BCUT2D eigenvalue weighted by Gasteiger charge is 2.40. The van der Waals surface area contributed by atoms with Gasteiger partial charge in [-0.25, -0.2) is 9.18 Å². The number of rotatable bonds is 7. The molecule has 1 atom stereocenters. The Morgan fingerprint density at radius 1 is 1.21 bits per heavy atom. The molecular weight excluding hydrogens is 532 g/mol. The maximum atomic E-state index is 14.5. The summed E-state index contributed by atoms with van der Waals surface area (Å²) in [5.74, 6) is -1.39. The minimum atomic E-state index is -4.50. The van der Waals surface area contributed by atoms with Crippen molar-refractivity contribution in [2.24, 2.45) is 9.98 Å². The van der Waals surface area contributed by atoms with Gasteiger partial charge >= 0.3 is 12.3 Å². The number of aliphatic imine (C=N–C) groups is 2. The van der Waals surface area contributed by atoms with Crippen LogP contribution >= 0.6 is 11.5 Å². The largest absolute Gasteiger partial charge is 0.489 e. The third kappa shape index (κ3) is 8.13. The number of hydrogen-bond acceptors (Lipinski definition) is 9. The van der Waals surface area contributed by atoms with Gasteiger partial charge in [0.2, 0.25) is 0 Å². The summed E-state index contributed by atoms with van der Waals surface area (Å²) in [6.45, 7) is 6.24. The molecule has 0 fully saturated rings. The molecule has 206 valence electrons. The average molecular weight is 559 g/mol. The predicted molar refractivity (Wildman–Crippen MR) is 135 cm³/mol. The van der Waals surface area contributed by atoms with Crippen LogP contribution < -0.4 is 20.7 Å². The Kier molecular flexibility index (Phi) is 8.91. The van der Waals surface area contributed by atoms with Gasteiger partial charge in [0.25, 0.3) is 5.91 Å². The van der Waals surface area contributed by atoms with Gasteiger partial charge in [-0.1, -0.05) is 0 Å². The maximum absolute atomic E-state index is 14.5. The zero-order valence-electron chi connectivity index (χ0n) is 20.9. The summed E-state index contributed by atoms with van der Waals surface area (Å²) < 4.78 is 67.3. The van der Waals surface area contributed by atoms with E-state index in [-0.39, 0.29) is 41.0 Å². The van der Waals surface area contributed by atoms with Gasteiger partial charge in [0, 0.05) is 11.8 Å². The molecule has 0 aliphatic carbocycles. The summed E-state index contributed by atoms with van der Waals surface area (Å²) in [5.41, 5.74) is -0.0371. The van der Waals surface area contributed by atoms with Crippen molar-refractivity contribution in [2.75, 3.05) is 30.3 Å². The molecule has 0 bridgehead atoms. The highest BCUT2D eigenvalue weighted by atomic mass is 32.1. The van der Waals surface area contributed by atoms with Crippen LogP contribution in [0.1, 0.15) is 36.8 Å². The van der Waals surface area contributed by atoms with E-state index in [9.17, 15) is 27.2 Å². The summed E-state index contributed by atoms with van der Waals surface area (Å²) in [5, 5.41) is 8.06. The normalized spacial score (nSPS) is 15.5. The van der Waals surface area contributed by atoms with Crippen LogP contribution in [0.4, 0.5) is 33.0 Å². The van der Waals surface area contributed by atoms with Crippen molar-refractivity contribution in [1.29, 1.82) is 0 Å². The van der Waals surface area contributed by atoms with Gasteiger partial charge in [-0.05, 0) is 51.4 Å². The standard InChI is InChI=1S/C23H26F4N6O4S/c1-12-18(20(38-33-12)32-17-11-29-16(10-30-17)23(25,26)27)19(34)31-13-5-6-15(14(24)9-13)36-8-7-28-21(35)37-22(2,3)4/h5-6,9,11,16H,7-8,10H2,1-4H3,(H,28,35)(H,30,32)(H,31,34). The summed E-state index contributed by atoms with van der Waals surface area (Å²) in [7, 11) is 0. The van der Waals surface area contributed by atoms with Gasteiger partial charge in [0.15, 0.2) is 17.6 Å². The van der Waals surface area contributed by atoms with E-state index < -0.39 is 42.2 Å². The third-order valence-corrected chi connectivity index (χ3v) is 5.59. The SMILES string of the molecule is Cc1nsc(NC2=NCC(C(F)(F)F)N=C2)c1C(=O)Nc1ccc(OCCNC(=O)OC(C)(C)C)c(F)c1. The van der Waals surface area contributed by atoms with Gasteiger partial charge in [-0.3, -0.25) is 14.8 Å². The van der Waals surface area contributed by atoms with Crippen molar-refractivity contribution in [1.82, 2.24) is 9.69 Å². The van der Waals surface area contributed by atoms with Gasteiger partial charge < -0.3 is 25.4 Å². The number of halogens is 4. The molecule has 3 N–H and O–H groups in total. The minimum Gasteiger partial charge on any atom is -0.489 e. The first-order chi connectivity index (χ1) is 17.7. The molecule has 1 aliphatic rings. The van der Waals surface area contributed by atoms with Gasteiger partial charge in [-0.15, -0.1) is 0 Å². The van der Waals surface area contributed by atoms with E-state index in [4.69, 9.17) is 9.47 Å². The number of nitrogens with one attached hydrogen (secondary N) is 3. The summed E-state index contributed by atoms with van der Waals surface area (Å²) in [6, 6.07) is 1.89. The van der Waals surface area contributed by atoms with Crippen LogP contribution in [0.3, 0.4) is 0 Å². The van der Waals surface area contributed by atoms with E-state index in [1.165, 1.54) is 12.1 Å². The van der Waals surface area contributed by atoms with Crippen molar-refractivity contribution in [3.05, 3.63) is 35.3 Å². The zero-order chi connectivity index (χ0) is 28.1. The fourth-order valence-electron chi connectivity index (χ4n) is 3.05. The van der Waals surface area contributed by atoms with Crippen molar-refractivity contribution in [2.45, 2.75) is 45.5 Å². The van der Waals surface area contributed by atoms with Gasteiger partial charge in [-0.2, -0.15) is 17.5 Å². The van der Waals surface area contributed by atoms with Crippen LogP contribution in [0.5, 0.6) is 5.75 Å². The molecule has 1 aromatic heterocycles. The number of carbonyl (C=O) groups is 2. The van der Waals surface area contributed by atoms with Crippen LogP contribution in [0.25, 0.3) is 0 Å². The average Bonchev–Trinajstić information content (AvgIpc) is 3.16. The van der Waals surface area contributed by atoms with Crippen molar-refractivity contribution < 1.29 is 36.6 Å². The number of aromatic nitrogens is 1. The lowest BCUT2D eigenvalue weighted by molar-refractivity contribution is -0.144. The molecule has 2 amide bonds. The van der Waals surface area contributed by atoms with E-state index in [0.29, 0.717) is 5.69 Å². The van der Waals surface area contributed by atoms with Gasteiger partial charge in [0.05, 0.1) is 30.6 Å². The number of aryl methyl sites for hydroxylation is 1. The molecule has 38 heavy (non-hydrogen) atoms. The Morgan fingerprint density at radius 3 is 2.55 bits per heavy atom. The van der Waals surface area contributed by atoms with Crippen molar-refractivity contribution >= 4 is 46.3 Å². The topological polar surface area (TPSA) is 126 Å². The second-order valence-electron chi connectivity index (χ2n) is 9.04. The summed E-state index contributed by atoms with van der Waals surface area (Å²) in [6.07, 6.45) is -4.17. The lowest BCUT2D eigenvalue weighted by atomic mass is 10.2. The number of alkyl halides is 3. The van der Waals surface area contributed by atoms with E-state index in [2.05, 4.69) is 30.3 Å². The molecule has 2 heterocycles. The molecule has 10 nitrogen and oxygen atoms in total. The quantitative estimate of drug-likeness (QED) is 0.338. The fraction of sp³-hybridized carbons (Fsp3) is 0.435.